The molecule has 0 saturated carbocycles. The molecule has 0 saturated heterocycles. The van der Waals surface area contributed by atoms with E-state index in [9.17, 15) is 4.79 Å². The smallest absolute Gasteiger partial charge is 0.412 e. The molecule has 1 atom stereocenters. The predicted molar refractivity (Wildman–Crippen MR) is 106 cm³/mol. The molecule has 3 N–H and O–H groups in total. The Morgan fingerprint density at radius 2 is 2.11 bits per heavy atom. The highest BCUT2D eigenvalue weighted by atomic mass is 35.5. The minimum atomic E-state index is -1.10. The Kier molecular flexibility index (Phi) is 6.62. The van der Waals surface area contributed by atoms with Crippen molar-refractivity contribution in [2.24, 2.45) is 11.7 Å². The molecule has 0 aliphatic rings. The number of ether oxygens (including phenoxy) is 1. The topological polar surface area (TPSA) is 102 Å². The average molecular weight is 393 g/mol. The summed E-state index contributed by atoms with van der Waals surface area (Å²) in [5, 5.41) is 9.49. The Balaban J connectivity index is 2.17. The highest BCUT2D eigenvalue weighted by Gasteiger charge is 2.22. The standard InChI is InChI=1S/C19H25ClN4O3/c1-12(2)9-19(3,21)11-27-16-10-23-15(8-14(16)20)13-5-6-22-17(7-13)24(4)18(25)26/h5-8,10,12H,9,11,21H2,1-4H3,(H,25,26)/t19-/m0/s1. The third kappa shape index (κ3) is 5.80. The maximum Gasteiger partial charge on any atom is 0.412 e. The summed E-state index contributed by atoms with van der Waals surface area (Å²) in [5.74, 6) is 1.22. The Morgan fingerprint density at radius 1 is 1.41 bits per heavy atom. The average Bonchev–Trinajstić information content (AvgIpc) is 2.59. The number of carbonyl (C=O) groups is 1. The van der Waals surface area contributed by atoms with Gasteiger partial charge in [-0.25, -0.2) is 9.78 Å². The summed E-state index contributed by atoms with van der Waals surface area (Å²) >= 11 is 6.34. The van der Waals surface area contributed by atoms with Crippen LogP contribution in [-0.4, -0.2) is 40.4 Å². The van der Waals surface area contributed by atoms with Crippen molar-refractivity contribution in [1.29, 1.82) is 0 Å². The van der Waals surface area contributed by atoms with Crippen molar-refractivity contribution >= 4 is 23.5 Å². The molecule has 2 aromatic heterocycles. The number of hydrogen-bond acceptors (Lipinski definition) is 5. The molecular formula is C19H25ClN4O3. The summed E-state index contributed by atoms with van der Waals surface area (Å²) in [5.41, 5.74) is 7.09. The van der Waals surface area contributed by atoms with Crippen LogP contribution in [0.2, 0.25) is 5.02 Å². The second kappa shape index (κ2) is 8.54. The summed E-state index contributed by atoms with van der Waals surface area (Å²) in [4.78, 5) is 20.5. The Labute approximate surface area is 164 Å². The van der Waals surface area contributed by atoms with Gasteiger partial charge in [0.2, 0.25) is 0 Å². The number of halogens is 1. The van der Waals surface area contributed by atoms with Crippen LogP contribution in [0.5, 0.6) is 5.75 Å². The Morgan fingerprint density at radius 3 is 2.70 bits per heavy atom. The number of pyridine rings is 2. The lowest BCUT2D eigenvalue weighted by atomic mass is 9.93. The van der Waals surface area contributed by atoms with Crippen LogP contribution in [-0.2, 0) is 0 Å². The van der Waals surface area contributed by atoms with Gasteiger partial charge in [-0.3, -0.25) is 9.88 Å². The molecular weight excluding hydrogens is 368 g/mol. The molecule has 2 aromatic rings. The second-order valence-electron chi connectivity index (χ2n) is 7.28. The van der Waals surface area contributed by atoms with Gasteiger partial charge < -0.3 is 15.6 Å². The summed E-state index contributed by atoms with van der Waals surface area (Å²) < 4.78 is 5.77. The SMILES string of the molecule is CC(C)C[C@](C)(N)COc1cnc(-c2ccnc(N(C)C(=O)O)c2)cc1Cl. The maximum absolute atomic E-state index is 11.1. The van der Waals surface area contributed by atoms with Gasteiger partial charge in [0.1, 0.15) is 12.4 Å². The van der Waals surface area contributed by atoms with Gasteiger partial charge in [0.25, 0.3) is 0 Å². The Hall–Kier alpha value is -2.38. The summed E-state index contributed by atoms with van der Waals surface area (Å²) in [7, 11) is 1.42. The first kappa shape index (κ1) is 20.9. The molecule has 7 nitrogen and oxygen atoms in total. The molecule has 1 amide bonds. The lowest BCUT2D eigenvalue weighted by molar-refractivity contribution is 0.203. The zero-order chi connectivity index (χ0) is 20.2. The van der Waals surface area contributed by atoms with E-state index in [0.717, 1.165) is 11.3 Å². The molecule has 27 heavy (non-hydrogen) atoms. The normalized spacial score (nSPS) is 13.3. The number of carboxylic acid groups (broad SMARTS) is 1. The van der Waals surface area contributed by atoms with E-state index in [1.807, 2.05) is 6.92 Å². The van der Waals surface area contributed by atoms with Gasteiger partial charge in [-0.05, 0) is 37.5 Å². The number of nitrogens with two attached hydrogens (primary N) is 1. The quantitative estimate of drug-likeness (QED) is 0.736. The summed E-state index contributed by atoms with van der Waals surface area (Å²) in [6, 6.07) is 5.04. The van der Waals surface area contributed by atoms with E-state index in [1.54, 1.807) is 24.4 Å². The number of nitrogens with zero attached hydrogens (tertiary/aromatic N) is 3. The molecule has 2 heterocycles. The minimum absolute atomic E-state index is 0.297. The minimum Gasteiger partial charge on any atom is -0.488 e. The fraction of sp³-hybridized carbons (Fsp3) is 0.421. The second-order valence-corrected chi connectivity index (χ2v) is 7.69. The first-order chi connectivity index (χ1) is 12.6. The van der Waals surface area contributed by atoms with E-state index in [-0.39, 0.29) is 0 Å². The van der Waals surface area contributed by atoms with Crippen LogP contribution in [0.15, 0.2) is 30.6 Å². The molecule has 0 fully saturated rings. The van der Waals surface area contributed by atoms with Crippen LogP contribution < -0.4 is 15.4 Å². The summed E-state index contributed by atoms with van der Waals surface area (Å²) in [6.45, 7) is 6.49. The van der Waals surface area contributed by atoms with Crippen molar-refractivity contribution in [3.05, 3.63) is 35.6 Å². The first-order valence-electron chi connectivity index (χ1n) is 8.59. The van der Waals surface area contributed by atoms with E-state index in [1.165, 1.54) is 13.2 Å². The third-order valence-electron chi connectivity index (χ3n) is 3.92. The first-order valence-corrected chi connectivity index (χ1v) is 8.97. The van der Waals surface area contributed by atoms with Gasteiger partial charge in [0.15, 0.2) is 5.75 Å². The van der Waals surface area contributed by atoms with Crippen molar-refractivity contribution < 1.29 is 14.6 Å². The lowest BCUT2D eigenvalue weighted by Gasteiger charge is -2.26. The van der Waals surface area contributed by atoms with Crippen LogP contribution in [0.25, 0.3) is 11.3 Å². The van der Waals surface area contributed by atoms with Crippen LogP contribution in [0.4, 0.5) is 10.6 Å². The van der Waals surface area contributed by atoms with Crippen molar-refractivity contribution in [3.63, 3.8) is 0 Å². The molecule has 0 aliphatic carbocycles. The molecule has 146 valence electrons. The fourth-order valence-corrected chi connectivity index (χ4v) is 2.98. The van der Waals surface area contributed by atoms with Crippen LogP contribution in [0.1, 0.15) is 27.2 Å². The largest absolute Gasteiger partial charge is 0.488 e. The lowest BCUT2D eigenvalue weighted by Crippen LogP contribution is -2.43. The van der Waals surface area contributed by atoms with Gasteiger partial charge in [0, 0.05) is 24.3 Å². The molecule has 0 radical (unpaired) electrons. The molecule has 0 aromatic carbocycles. The van der Waals surface area contributed by atoms with E-state index in [4.69, 9.17) is 27.2 Å². The highest BCUT2D eigenvalue weighted by molar-refractivity contribution is 6.32. The van der Waals surface area contributed by atoms with Gasteiger partial charge in [-0.2, -0.15) is 0 Å². The Bertz CT molecular complexity index is 811. The third-order valence-corrected chi connectivity index (χ3v) is 4.22. The van der Waals surface area contributed by atoms with Crippen molar-refractivity contribution in [2.75, 3.05) is 18.6 Å². The molecule has 0 aliphatic heterocycles. The molecule has 0 bridgehead atoms. The van der Waals surface area contributed by atoms with E-state index in [0.29, 0.717) is 40.4 Å². The van der Waals surface area contributed by atoms with Crippen molar-refractivity contribution in [2.45, 2.75) is 32.7 Å². The molecule has 2 rings (SSSR count). The molecule has 0 spiro atoms. The molecule has 8 heteroatoms. The van der Waals surface area contributed by atoms with Crippen molar-refractivity contribution in [3.8, 4) is 17.0 Å². The zero-order valence-corrected chi connectivity index (χ0v) is 16.7. The zero-order valence-electron chi connectivity index (χ0n) is 15.9. The number of aromatic nitrogens is 2. The molecule has 0 unspecified atom stereocenters. The van der Waals surface area contributed by atoms with E-state index >= 15 is 0 Å². The maximum atomic E-state index is 11.1. The number of anilines is 1. The number of rotatable bonds is 7. The van der Waals surface area contributed by atoms with Crippen molar-refractivity contribution in [1.82, 2.24) is 9.97 Å². The van der Waals surface area contributed by atoms with Gasteiger partial charge in [-0.1, -0.05) is 25.4 Å². The predicted octanol–water partition coefficient (Wildman–Crippen LogP) is 4.05. The van der Waals surface area contributed by atoms with E-state index in [2.05, 4.69) is 23.8 Å². The number of amides is 1. The van der Waals surface area contributed by atoms with Gasteiger partial charge >= 0.3 is 6.09 Å². The van der Waals surface area contributed by atoms with Crippen LogP contribution >= 0.6 is 11.6 Å². The van der Waals surface area contributed by atoms with E-state index < -0.39 is 11.6 Å². The fourth-order valence-electron chi connectivity index (χ4n) is 2.78. The van der Waals surface area contributed by atoms with Crippen LogP contribution in [0.3, 0.4) is 0 Å². The summed E-state index contributed by atoms with van der Waals surface area (Å²) in [6.07, 6.45) is 2.80. The highest BCUT2D eigenvalue weighted by Crippen LogP contribution is 2.30. The van der Waals surface area contributed by atoms with Gasteiger partial charge in [0.05, 0.1) is 16.9 Å². The van der Waals surface area contributed by atoms with Gasteiger partial charge in [-0.15, -0.1) is 0 Å². The number of hydrogen-bond donors (Lipinski definition) is 2. The monoisotopic (exact) mass is 392 g/mol. The van der Waals surface area contributed by atoms with Crippen LogP contribution in [0, 0.1) is 5.92 Å².